The maximum Gasteiger partial charge on any atom is -0.0225 e. The van der Waals surface area contributed by atoms with Crippen molar-refractivity contribution in [1.29, 1.82) is 0 Å². The van der Waals surface area contributed by atoms with E-state index in [-0.39, 0.29) is 0 Å². The van der Waals surface area contributed by atoms with Gasteiger partial charge in [-0.25, -0.2) is 0 Å². The quantitative estimate of drug-likeness (QED) is 0.391. The predicted molar refractivity (Wildman–Crippen MR) is 101 cm³/mol. The second-order valence-corrected chi connectivity index (χ2v) is 8.25. The van der Waals surface area contributed by atoms with Gasteiger partial charge in [-0.3, -0.25) is 0 Å². The van der Waals surface area contributed by atoms with Crippen molar-refractivity contribution in [2.45, 2.75) is 80.1 Å². The van der Waals surface area contributed by atoms with Gasteiger partial charge in [-0.1, -0.05) is 77.8 Å². The zero-order chi connectivity index (χ0) is 16.8. The summed E-state index contributed by atoms with van der Waals surface area (Å²) >= 11 is 0. The van der Waals surface area contributed by atoms with E-state index in [9.17, 15) is 0 Å². The minimum absolute atomic E-state index is 0.346. The molecule has 0 aromatic heterocycles. The molecule has 0 amide bonds. The second kappa shape index (κ2) is 8.75. The van der Waals surface area contributed by atoms with Gasteiger partial charge in [-0.05, 0) is 61.3 Å². The molecule has 0 nitrogen and oxygen atoms in total. The molecule has 0 spiro atoms. The van der Waals surface area contributed by atoms with Crippen LogP contribution >= 0.6 is 0 Å². The lowest BCUT2D eigenvalue weighted by molar-refractivity contribution is 0.187. The molecule has 0 bridgehead atoms. The summed E-state index contributed by atoms with van der Waals surface area (Å²) in [5.41, 5.74) is 3.25. The van der Waals surface area contributed by atoms with Crippen LogP contribution in [0.2, 0.25) is 0 Å². The molecule has 1 rings (SSSR count). The maximum absolute atomic E-state index is 4.02. The summed E-state index contributed by atoms with van der Waals surface area (Å²) in [6, 6.07) is 0. The first-order chi connectivity index (χ1) is 10.3. The van der Waals surface area contributed by atoms with Crippen LogP contribution in [0.1, 0.15) is 80.1 Å². The highest BCUT2D eigenvalue weighted by molar-refractivity contribution is 5.25. The maximum atomic E-state index is 4.02. The van der Waals surface area contributed by atoms with E-state index >= 15 is 0 Å². The largest absolute Gasteiger partial charge is 0.0988 e. The Labute approximate surface area is 139 Å². The lowest BCUT2D eigenvalue weighted by atomic mass is 9.71. The molecule has 0 aromatic rings. The average molecular weight is 303 g/mol. The summed E-state index contributed by atoms with van der Waals surface area (Å²) in [6.45, 7) is 18.0. The highest BCUT2D eigenvalue weighted by Gasteiger charge is 2.27. The molecule has 1 saturated carbocycles. The summed E-state index contributed by atoms with van der Waals surface area (Å²) in [5.74, 6) is 2.69. The molecule has 126 valence electrons. The topological polar surface area (TPSA) is 0 Å². The monoisotopic (exact) mass is 302 g/mol. The van der Waals surface area contributed by atoms with E-state index in [1.165, 1.54) is 43.3 Å². The lowest BCUT2D eigenvalue weighted by Crippen LogP contribution is -2.23. The third kappa shape index (κ3) is 5.78. The van der Waals surface area contributed by atoms with Crippen molar-refractivity contribution in [1.82, 2.24) is 0 Å². The van der Waals surface area contributed by atoms with Crippen LogP contribution in [-0.4, -0.2) is 0 Å². The van der Waals surface area contributed by atoms with Crippen LogP contribution in [0.25, 0.3) is 0 Å². The van der Waals surface area contributed by atoms with Gasteiger partial charge in [0.1, 0.15) is 0 Å². The molecular formula is C22H38. The fourth-order valence-electron chi connectivity index (χ4n) is 3.60. The minimum Gasteiger partial charge on any atom is -0.0988 e. The van der Waals surface area contributed by atoms with E-state index in [4.69, 9.17) is 0 Å². The van der Waals surface area contributed by atoms with E-state index in [0.29, 0.717) is 5.41 Å². The smallest absolute Gasteiger partial charge is 0.0225 e. The molecule has 0 saturated heterocycles. The van der Waals surface area contributed by atoms with Gasteiger partial charge >= 0.3 is 0 Å². The Morgan fingerprint density at radius 3 is 2.32 bits per heavy atom. The third-order valence-electron chi connectivity index (χ3n) is 5.97. The highest BCUT2D eigenvalue weighted by Crippen LogP contribution is 2.39. The first kappa shape index (κ1) is 19.3. The molecule has 0 N–H and O–H groups in total. The Morgan fingerprint density at radius 2 is 1.82 bits per heavy atom. The van der Waals surface area contributed by atoms with E-state index in [0.717, 1.165) is 24.2 Å². The fraction of sp³-hybridized carbons (Fsp3) is 0.727. The molecule has 0 aromatic carbocycles. The molecule has 1 fully saturated rings. The van der Waals surface area contributed by atoms with Gasteiger partial charge in [0, 0.05) is 0 Å². The third-order valence-corrected chi connectivity index (χ3v) is 5.97. The van der Waals surface area contributed by atoms with Crippen LogP contribution in [0.3, 0.4) is 0 Å². The normalized spacial score (nSPS) is 24.8. The van der Waals surface area contributed by atoms with Gasteiger partial charge < -0.3 is 0 Å². The molecule has 1 unspecified atom stereocenters. The van der Waals surface area contributed by atoms with Crippen LogP contribution in [0, 0.1) is 23.2 Å². The zero-order valence-corrected chi connectivity index (χ0v) is 15.9. The number of hydrogen-bond donors (Lipinski definition) is 0. The predicted octanol–water partition coefficient (Wildman–Crippen LogP) is 7.33. The number of hydrogen-bond acceptors (Lipinski definition) is 0. The van der Waals surface area contributed by atoms with Crippen molar-refractivity contribution < 1.29 is 0 Å². The molecule has 0 heterocycles. The first-order valence-electron chi connectivity index (χ1n) is 9.31. The second-order valence-electron chi connectivity index (χ2n) is 8.25. The van der Waals surface area contributed by atoms with Crippen LogP contribution in [0.15, 0.2) is 36.0 Å². The summed E-state index contributed by atoms with van der Waals surface area (Å²) < 4.78 is 0. The Bertz CT molecular complexity index is 402. The Kier molecular flexibility index (Phi) is 7.66. The van der Waals surface area contributed by atoms with Crippen LogP contribution < -0.4 is 0 Å². The van der Waals surface area contributed by atoms with Gasteiger partial charge in [-0.15, -0.1) is 0 Å². The van der Waals surface area contributed by atoms with Crippen LogP contribution in [-0.2, 0) is 0 Å². The molecule has 22 heavy (non-hydrogen) atoms. The molecular weight excluding hydrogens is 264 g/mol. The van der Waals surface area contributed by atoms with Crippen molar-refractivity contribution >= 4 is 0 Å². The molecule has 1 aliphatic carbocycles. The van der Waals surface area contributed by atoms with E-state index in [1.807, 2.05) is 6.08 Å². The fourth-order valence-corrected chi connectivity index (χ4v) is 3.60. The Hall–Kier alpha value is -0.780. The molecule has 0 radical (unpaired) electrons. The van der Waals surface area contributed by atoms with Crippen molar-refractivity contribution in [3.05, 3.63) is 36.0 Å². The van der Waals surface area contributed by atoms with Crippen molar-refractivity contribution in [3.63, 3.8) is 0 Å². The van der Waals surface area contributed by atoms with Crippen molar-refractivity contribution in [3.8, 4) is 0 Å². The van der Waals surface area contributed by atoms with Gasteiger partial charge in [0.2, 0.25) is 0 Å². The van der Waals surface area contributed by atoms with E-state index in [1.54, 1.807) is 0 Å². The zero-order valence-electron chi connectivity index (χ0n) is 15.9. The van der Waals surface area contributed by atoms with Crippen molar-refractivity contribution in [2.24, 2.45) is 23.2 Å². The first-order valence-corrected chi connectivity index (χ1v) is 9.31. The minimum atomic E-state index is 0.346. The van der Waals surface area contributed by atoms with Crippen LogP contribution in [0.5, 0.6) is 0 Å². The van der Waals surface area contributed by atoms with E-state index in [2.05, 4.69) is 60.3 Å². The highest BCUT2D eigenvalue weighted by atomic mass is 14.3. The van der Waals surface area contributed by atoms with Gasteiger partial charge in [-0.2, -0.15) is 0 Å². The number of allylic oxidation sites excluding steroid dienone is 5. The lowest BCUT2D eigenvalue weighted by Gasteiger charge is -2.35. The van der Waals surface area contributed by atoms with Crippen molar-refractivity contribution in [2.75, 3.05) is 0 Å². The van der Waals surface area contributed by atoms with Gasteiger partial charge in [0.25, 0.3) is 0 Å². The Balaban J connectivity index is 2.56. The molecule has 1 aliphatic rings. The Morgan fingerprint density at radius 1 is 1.18 bits per heavy atom. The summed E-state index contributed by atoms with van der Waals surface area (Å²) in [7, 11) is 0. The summed E-state index contributed by atoms with van der Waals surface area (Å²) in [4.78, 5) is 0. The number of rotatable bonds is 9. The SMILES string of the molecule is C=C/C(=C\C=C(/C)CC1CC(CC)C1)CC(C)(C)C(C)CC. The molecule has 1 atom stereocenters. The van der Waals surface area contributed by atoms with Gasteiger partial charge in [0.05, 0.1) is 0 Å². The average Bonchev–Trinajstić information content (AvgIpc) is 2.45. The van der Waals surface area contributed by atoms with Gasteiger partial charge in [0.15, 0.2) is 0 Å². The summed E-state index contributed by atoms with van der Waals surface area (Å²) in [5, 5.41) is 0. The molecule has 0 aliphatic heterocycles. The summed E-state index contributed by atoms with van der Waals surface area (Å²) in [6.07, 6.45) is 14.6. The molecule has 0 heteroatoms. The van der Waals surface area contributed by atoms with E-state index < -0.39 is 0 Å². The standard InChI is InChI=1S/C22H38/c1-8-18(5)22(6,7)16-19(9-2)12-11-17(4)13-21-14-20(10-3)15-21/h9,11-12,18,20-21H,2,8,10,13-16H2,1,3-7H3/b17-11+,19-12+. The van der Waals surface area contributed by atoms with Crippen LogP contribution in [0.4, 0.5) is 0 Å².